The molecule has 0 heterocycles. The van der Waals surface area contributed by atoms with Crippen molar-refractivity contribution >= 4 is 0 Å². The molecule has 2 bridgehead atoms. The molecule has 2 rings (SSSR count). The zero-order chi connectivity index (χ0) is 11.7. The highest BCUT2D eigenvalue weighted by atomic mass is 16.7. The van der Waals surface area contributed by atoms with Crippen LogP contribution >= 0.6 is 0 Å². The maximum Gasteiger partial charge on any atom is 0.160 e. The third-order valence-corrected chi connectivity index (χ3v) is 4.18. The van der Waals surface area contributed by atoms with E-state index in [1.165, 1.54) is 0 Å². The van der Waals surface area contributed by atoms with Crippen molar-refractivity contribution in [2.45, 2.75) is 6.29 Å². The third kappa shape index (κ3) is 1.61. The van der Waals surface area contributed by atoms with Crippen LogP contribution < -0.4 is 0 Å². The number of hydrogen-bond donors (Lipinski definition) is 2. The lowest BCUT2D eigenvalue weighted by molar-refractivity contribution is -0.147. The highest BCUT2D eigenvalue weighted by molar-refractivity contribution is 5.18. The number of hydrogen-bond acceptors (Lipinski definition) is 4. The molecule has 0 saturated heterocycles. The molecular formula is C12H20O4. The fraction of sp³-hybridized carbons (Fsp3) is 0.833. The summed E-state index contributed by atoms with van der Waals surface area (Å²) in [4.78, 5) is 0. The Morgan fingerprint density at radius 3 is 1.75 bits per heavy atom. The van der Waals surface area contributed by atoms with Gasteiger partial charge in [0.25, 0.3) is 0 Å². The van der Waals surface area contributed by atoms with Crippen LogP contribution in [0.3, 0.4) is 0 Å². The number of ether oxygens (including phenoxy) is 2. The van der Waals surface area contributed by atoms with Gasteiger partial charge in [0.1, 0.15) is 0 Å². The fourth-order valence-electron chi connectivity index (χ4n) is 3.48. The van der Waals surface area contributed by atoms with Crippen molar-refractivity contribution in [2.75, 3.05) is 27.4 Å². The first-order valence-corrected chi connectivity index (χ1v) is 5.74. The van der Waals surface area contributed by atoms with E-state index < -0.39 is 0 Å². The molecule has 16 heavy (non-hydrogen) atoms. The summed E-state index contributed by atoms with van der Waals surface area (Å²) in [5.74, 6) is 1.02. The average molecular weight is 228 g/mol. The Morgan fingerprint density at radius 1 is 1.00 bits per heavy atom. The molecule has 5 atom stereocenters. The molecule has 4 nitrogen and oxygen atoms in total. The van der Waals surface area contributed by atoms with Gasteiger partial charge in [0.2, 0.25) is 0 Å². The lowest BCUT2D eigenvalue weighted by Gasteiger charge is -2.25. The van der Waals surface area contributed by atoms with E-state index in [9.17, 15) is 10.2 Å². The van der Waals surface area contributed by atoms with Crippen molar-refractivity contribution in [1.82, 2.24) is 0 Å². The molecule has 92 valence electrons. The Bertz CT molecular complexity index is 242. The predicted molar refractivity (Wildman–Crippen MR) is 58.6 cm³/mol. The Hall–Kier alpha value is -0.420. The summed E-state index contributed by atoms with van der Waals surface area (Å²) < 4.78 is 10.6. The molecule has 2 aliphatic carbocycles. The van der Waals surface area contributed by atoms with E-state index in [1.54, 1.807) is 14.2 Å². The Kier molecular flexibility index (Phi) is 3.64. The molecule has 1 fully saturated rings. The highest BCUT2D eigenvalue weighted by Crippen LogP contribution is 2.53. The van der Waals surface area contributed by atoms with Gasteiger partial charge in [0.05, 0.1) is 0 Å². The van der Waals surface area contributed by atoms with Crippen LogP contribution in [0.25, 0.3) is 0 Å². The second-order valence-corrected chi connectivity index (χ2v) is 4.65. The summed E-state index contributed by atoms with van der Waals surface area (Å²) in [6.07, 6.45) is 4.01. The molecule has 0 aromatic carbocycles. The number of rotatable bonds is 5. The Balaban J connectivity index is 2.19. The summed E-state index contributed by atoms with van der Waals surface area (Å²) in [5, 5.41) is 18.8. The van der Waals surface area contributed by atoms with E-state index in [0.29, 0.717) is 0 Å². The average Bonchev–Trinajstić information content (AvgIpc) is 2.85. The van der Waals surface area contributed by atoms with E-state index in [0.717, 1.165) is 0 Å². The molecule has 4 heteroatoms. The largest absolute Gasteiger partial charge is 0.396 e. The van der Waals surface area contributed by atoms with Crippen molar-refractivity contribution in [3.8, 4) is 0 Å². The molecule has 0 aromatic rings. The van der Waals surface area contributed by atoms with E-state index >= 15 is 0 Å². The van der Waals surface area contributed by atoms with Crippen LogP contribution in [0.15, 0.2) is 12.2 Å². The van der Waals surface area contributed by atoms with Crippen LogP contribution in [0.2, 0.25) is 0 Å². The minimum Gasteiger partial charge on any atom is -0.396 e. The van der Waals surface area contributed by atoms with Gasteiger partial charge in [-0.3, -0.25) is 0 Å². The second kappa shape index (κ2) is 4.84. The molecule has 1 saturated carbocycles. The first-order valence-electron chi connectivity index (χ1n) is 5.74. The minimum atomic E-state index is -0.254. The van der Waals surface area contributed by atoms with Crippen molar-refractivity contribution < 1.29 is 19.7 Å². The van der Waals surface area contributed by atoms with Gasteiger partial charge in [-0.2, -0.15) is 0 Å². The van der Waals surface area contributed by atoms with E-state index in [2.05, 4.69) is 12.2 Å². The second-order valence-electron chi connectivity index (χ2n) is 4.65. The number of methoxy groups -OCH3 is 2. The van der Waals surface area contributed by atoms with Crippen LogP contribution in [0.5, 0.6) is 0 Å². The predicted octanol–water partition coefficient (Wildman–Crippen LogP) is 0.254. The minimum absolute atomic E-state index is 0.118. The SMILES string of the molecule is COC(OC)C1[C@H]2C=C[C@@H]1[C@H](CO)[C@@H]2CO. The van der Waals surface area contributed by atoms with Gasteiger partial charge < -0.3 is 19.7 Å². The molecule has 0 amide bonds. The number of allylic oxidation sites excluding steroid dienone is 2. The lowest BCUT2D eigenvalue weighted by Crippen LogP contribution is -2.30. The zero-order valence-corrected chi connectivity index (χ0v) is 9.74. The maximum atomic E-state index is 9.41. The van der Waals surface area contributed by atoms with E-state index in [4.69, 9.17) is 9.47 Å². The van der Waals surface area contributed by atoms with Gasteiger partial charge in [0, 0.05) is 33.4 Å². The monoisotopic (exact) mass is 228 g/mol. The molecule has 0 spiro atoms. The smallest absolute Gasteiger partial charge is 0.160 e. The molecule has 2 aliphatic rings. The summed E-state index contributed by atoms with van der Waals surface area (Å²) in [6, 6.07) is 0. The van der Waals surface area contributed by atoms with Crippen LogP contribution in [-0.2, 0) is 9.47 Å². The van der Waals surface area contributed by atoms with Gasteiger partial charge in [-0.25, -0.2) is 0 Å². The maximum absolute atomic E-state index is 9.41. The highest BCUT2D eigenvalue weighted by Gasteiger charge is 2.54. The summed E-state index contributed by atoms with van der Waals surface area (Å²) >= 11 is 0. The molecule has 0 aliphatic heterocycles. The Labute approximate surface area is 95.9 Å². The molecule has 1 unspecified atom stereocenters. The van der Waals surface area contributed by atoms with Gasteiger partial charge in [-0.15, -0.1) is 0 Å². The Morgan fingerprint density at radius 2 is 1.44 bits per heavy atom. The number of aliphatic hydroxyl groups excluding tert-OH is 2. The zero-order valence-electron chi connectivity index (χ0n) is 9.74. The van der Waals surface area contributed by atoms with Crippen molar-refractivity contribution in [2.24, 2.45) is 29.6 Å². The van der Waals surface area contributed by atoms with Crippen LogP contribution in [0.4, 0.5) is 0 Å². The number of fused-ring (bicyclic) bond motifs is 2. The molecule has 0 radical (unpaired) electrons. The standard InChI is InChI=1S/C12H20O4/c1-15-12(16-2)11-7-3-4-8(11)10(6-14)9(7)5-13/h3-4,7-14H,5-6H2,1-2H3/t7-,8+,9+,10-,11?. The topological polar surface area (TPSA) is 58.9 Å². The summed E-state index contributed by atoms with van der Waals surface area (Å²) in [5.41, 5.74) is 0. The first kappa shape index (κ1) is 12.0. The third-order valence-electron chi connectivity index (χ3n) is 4.18. The number of aliphatic hydroxyl groups is 2. The quantitative estimate of drug-likeness (QED) is 0.523. The van der Waals surface area contributed by atoms with Gasteiger partial charge in [-0.05, 0) is 23.7 Å². The van der Waals surface area contributed by atoms with Crippen molar-refractivity contribution in [3.05, 3.63) is 12.2 Å². The summed E-state index contributed by atoms with van der Waals surface area (Å²) in [6.45, 7) is 0.237. The van der Waals surface area contributed by atoms with Crippen molar-refractivity contribution in [3.63, 3.8) is 0 Å². The normalized spacial score (nSPS) is 41.2. The molecule has 0 aromatic heterocycles. The molecule has 2 N–H and O–H groups in total. The van der Waals surface area contributed by atoms with Gasteiger partial charge in [-0.1, -0.05) is 12.2 Å². The molecular weight excluding hydrogens is 208 g/mol. The van der Waals surface area contributed by atoms with Crippen LogP contribution in [0.1, 0.15) is 0 Å². The van der Waals surface area contributed by atoms with Gasteiger partial charge >= 0.3 is 0 Å². The van der Waals surface area contributed by atoms with E-state index in [1.807, 2.05) is 0 Å². The first-order chi connectivity index (χ1) is 7.78. The van der Waals surface area contributed by atoms with E-state index in [-0.39, 0.29) is 49.1 Å². The van der Waals surface area contributed by atoms with Gasteiger partial charge in [0.15, 0.2) is 6.29 Å². The summed E-state index contributed by atoms with van der Waals surface area (Å²) in [7, 11) is 3.27. The van der Waals surface area contributed by atoms with Crippen molar-refractivity contribution in [1.29, 1.82) is 0 Å². The van der Waals surface area contributed by atoms with Crippen LogP contribution in [-0.4, -0.2) is 43.9 Å². The van der Waals surface area contributed by atoms with Crippen LogP contribution in [0, 0.1) is 29.6 Å². The lowest BCUT2D eigenvalue weighted by atomic mass is 9.84. The fourth-order valence-corrected chi connectivity index (χ4v) is 3.48.